The lowest BCUT2D eigenvalue weighted by molar-refractivity contribution is 0.553. The number of benzene rings is 4. The van der Waals surface area contributed by atoms with Gasteiger partial charge in [-0.3, -0.25) is 0 Å². The Kier molecular flexibility index (Phi) is 5.91. The predicted molar refractivity (Wildman–Crippen MR) is 166 cm³/mol. The molecule has 0 atom stereocenters. The number of hydrogen-bond acceptors (Lipinski definition) is 1. The van der Waals surface area contributed by atoms with E-state index in [4.69, 9.17) is 1.37 Å². The first-order valence-electron chi connectivity index (χ1n) is 14.8. The maximum atomic E-state index is 9.52. The number of anilines is 2. The minimum atomic E-state index is -0.850. The van der Waals surface area contributed by atoms with Gasteiger partial charge in [-0.05, 0) is 89.2 Å². The SMILES string of the molecule is [2H]C(C)(C)c1ccc(-c2ccccc2)cc1N(c1ccc2c(c1C([2H])(C)C)C(C)(C)c1ccccc1-2)C(C)(C)C. The summed E-state index contributed by atoms with van der Waals surface area (Å²) in [4.78, 5) is 2.40. The van der Waals surface area contributed by atoms with Crippen molar-refractivity contribution < 1.29 is 2.74 Å². The first-order valence-corrected chi connectivity index (χ1v) is 13.8. The molecule has 0 saturated heterocycles. The van der Waals surface area contributed by atoms with Crippen LogP contribution in [0.1, 0.15) is 99.1 Å². The number of fused-ring (bicyclic) bond motifs is 3. The Morgan fingerprint density at radius 3 is 1.97 bits per heavy atom. The predicted octanol–water partition coefficient (Wildman–Crippen LogP) is 10.8. The van der Waals surface area contributed by atoms with Gasteiger partial charge in [0.05, 0.1) is 0 Å². The average molecular weight is 504 g/mol. The van der Waals surface area contributed by atoms with E-state index < -0.39 is 11.8 Å². The summed E-state index contributed by atoms with van der Waals surface area (Å²) in [5.74, 6) is -1.66. The van der Waals surface area contributed by atoms with Crippen molar-refractivity contribution in [3.05, 3.63) is 107 Å². The molecule has 0 fully saturated rings. The number of rotatable bonds is 5. The van der Waals surface area contributed by atoms with Crippen LogP contribution in [0.4, 0.5) is 11.4 Å². The molecule has 0 spiro atoms. The van der Waals surface area contributed by atoms with Gasteiger partial charge in [-0.15, -0.1) is 0 Å². The minimum absolute atomic E-state index is 0.234. The Hall–Kier alpha value is -3.32. The molecular formula is C37H43N. The molecule has 1 aliphatic carbocycles. The highest BCUT2D eigenvalue weighted by Gasteiger charge is 2.40. The van der Waals surface area contributed by atoms with Gasteiger partial charge in [-0.25, -0.2) is 0 Å². The standard InChI is InChI=1S/C37H43N/c1-24(2)28-20-19-27(26-15-11-10-12-16-26)23-33(28)38(36(5,6)7)32-22-21-30-29-17-13-14-18-31(29)37(8,9)35(30)34(32)25(3)4/h10-25H,1-9H3/i24D,25D. The Bertz CT molecular complexity index is 1560. The molecule has 0 radical (unpaired) electrons. The van der Waals surface area contributed by atoms with Crippen LogP contribution in [0.3, 0.4) is 0 Å². The van der Waals surface area contributed by atoms with Crippen molar-refractivity contribution in [2.75, 3.05) is 4.90 Å². The third-order valence-corrected chi connectivity index (χ3v) is 8.00. The van der Waals surface area contributed by atoms with Gasteiger partial charge in [0.15, 0.2) is 0 Å². The molecule has 4 aromatic rings. The van der Waals surface area contributed by atoms with Crippen LogP contribution < -0.4 is 4.90 Å². The summed E-state index contributed by atoms with van der Waals surface area (Å²) < 4.78 is 18.7. The van der Waals surface area contributed by atoms with E-state index in [1.54, 1.807) is 0 Å². The third-order valence-electron chi connectivity index (χ3n) is 8.00. The van der Waals surface area contributed by atoms with Gasteiger partial charge >= 0.3 is 0 Å². The van der Waals surface area contributed by atoms with E-state index >= 15 is 0 Å². The fourth-order valence-electron chi connectivity index (χ4n) is 6.36. The van der Waals surface area contributed by atoms with E-state index in [1.165, 1.54) is 22.3 Å². The average Bonchev–Trinajstić information content (AvgIpc) is 3.09. The van der Waals surface area contributed by atoms with E-state index in [1.807, 2.05) is 33.8 Å². The van der Waals surface area contributed by atoms with E-state index in [-0.39, 0.29) is 11.0 Å². The monoisotopic (exact) mass is 503 g/mol. The molecule has 5 rings (SSSR count). The Morgan fingerprint density at radius 2 is 1.34 bits per heavy atom. The summed E-state index contributed by atoms with van der Waals surface area (Å²) in [6.07, 6.45) is 0. The van der Waals surface area contributed by atoms with Crippen LogP contribution in [0.2, 0.25) is 0 Å². The molecule has 0 aliphatic heterocycles. The molecule has 1 heteroatoms. The molecule has 0 unspecified atom stereocenters. The molecule has 1 nitrogen and oxygen atoms in total. The fourth-order valence-corrected chi connectivity index (χ4v) is 6.36. The molecule has 0 aromatic heterocycles. The van der Waals surface area contributed by atoms with Crippen LogP contribution in [0.15, 0.2) is 84.9 Å². The molecule has 1 aliphatic rings. The lowest BCUT2D eigenvalue weighted by Gasteiger charge is -2.42. The fraction of sp³-hybridized carbons (Fsp3) is 0.351. The van der Waals surface area contributed by atoms with Gasteiger partial charge in [0, 0.05) is 25.1 Å². The zero-order valence-electron chi connectivity index (χ0n) is 26.5. The van der Waals surface area contributed by atoms with Crippen LogP contribution in [0.25, 0.3) is 22.3 Å². The topological polar surface area (TPSA) is 3.24 Å². The molecule has 0 saturated carbocycles. The second-order valence-electron chi connectivity index (χ2n) is 12.7. The largest absolute Gasteiger partial charge is 0.336 e. The quantitative estimate of drug-likeness (QED) is 0.262. The third kappa shape index (κ3) is 4.27. The first-order chi connectivity index (χ1) is 18.5. The summed E-state index contributed by atoms with van der Waals surface area (Å²) >= 11 is 0. The Balaban J connectivity index is 1.87. The van der Waals surface area contributed by atoms with Crippen LogP contribution in [-0.2, 0) is 5.41 Å². The number of hydrogen-bond donors (Lipinski definition) is 0. The van der Waals surface area contributed by atoms with Gasteiger partial charge in [-0.2, -0.15) is 0 Å². The van der Waals surface area contributed by atoms with Crippen molar-refractivity contribution in [1.82, 2.24) is 0 Å². The highest BCUT2D eigenvalue weighted by atomic mass is 15.2. The van der Waals surface area contributed by atoms with Crippen LogP contribution >= 0.6 is 0 Å². The van der Waals surface area contributed by atoms with E-state index in [0.29, 0.717) is 0 Å². The van der Waals surface area contributed by atoms with E-state index in [0.717, 1.165) is 33.6 Å². The van der Waals surface area contributed by atoms with Crippen molar-refractivity contribution in [3.63, 3.8) is 0 Å². The minimum Gasteiger partial charge on any atom is -0.336 e. The van der Waals surface area contributed by atoms with Gasteiger partial charge in [-0.1, -0.05) is 114 Å². The molecule has 0 bridgehead atoms. The second-order valence-corrected chi connectivity index (χ2v) is 12.7. The Morgan fingerprint density at radius 1 is 0.684 bits per heavy atom. The maximum absolute atomic E-state index is 9.52. The van der Waals surface area contributed by atoms with Crippen molar-refractivity contribution in [2.24, 2.45) is 0 Å². The van der Waals surface area contributed by atoms with Crippen LogP contribution in [0.5, 0.6) is 0 Å². The molecule has 38 heavy (non-hydrogen) atoms. The smallest absolute Gasteiger partial charge is 0.0457 e. The van der Waals surface area contributed by atoms with Gasteiger partial charge in [0.25, 0.3) is 0 Å². The molecule has 0 heterocycles. The summed E-state index contributed by atoms with van der Waals surface area (Å²) in [6.45, 7) is 19.3. The maximum Gasteiger partial charge on any atom is 0.0457 e. The zero-order chi connectivity index (χ0) is 29.3. The molecule has 0 amide bonds. The van der Waals surface area contributed by atoms with Gasteiger partial charge < -0.3 is 4.90 Å². The summed E-state index contributed by atoms with van der Waals surface area (Å²) in [5, 5.41) is 0. The molecule has 0 N–H and O–H groups in total. The van der Waals surface area contributed by atoms with E-state index in [2.05, 4.69) is 118 Å². The highest BCUT2D eigenvalue weighted by Crippen LogP contribution is 2.55. The highest BCUT2D eigenvalue weighted by molar-refractivity contribution is 5.87. The second kappa shape index (κ2) is 9.45. The number of nitrogens with zero attached hydrogens (tertiary/aromatic N) is 1. The van der Waals surface area contributed by atoms with Crippen molar-refractivity contribution in [2.45, 2.75) is 85.1 Å². The van der Waals surface area contributed by atoms with Crippen molar-refractivity contribution in [3.8, 4) is 22.3 Å². The lowest BCUT2D eigenvalue weighted by atomic mass is 9.77. The van der Waals surface area contributed by atoms with E-state index in [9.17, 15) is 1.37 Å². The first kappa shape index (κ1) is 23.8. The molecular weight excluding hydrogens is 458 g/mol. The summed E-state index contributed by atoms with van der Waals surface area (Å²) in [5.41, 5.74) is 10.9. The van der Waals surface area contributed by atoms with Crippen molar-refractivity contribution >= 4 is 11.4 Å². The van der Waals surface area contributed by atoms with Gasteiger partial charge in [0.2, 0.25) is 0 Å². The molecule has 196 valence electrons. The lowest BCUT2D eigenvalue weighted by Crippen LogP contribution is -2.39. The zero-order valence-corrected chi connectivity index (χ0v) is 24.5. The van der Waals surface area contributed by atoms with Crippen LogP contribution in [-0.4, -0.2) is 5.54 Å². The normalized spacial score (nSPS) is 15.4. The summed E-state index contributed by atoms with van der Waals surface area (Å²) in [7, 11) is 0. The molecule has 4 aromatic carbocycles. The van der Waals surface area contributed by atoms with Gasteiger partial charge in [0.1, 0.15) is 0 Å². The van der Waals surface area contributed by atoms with Crippen molar-refractivity contribution in [1.29, 1.82) is 0 Å². The summed E-state index contributed by atoms with van der Waals surface area (Å²) in [6, 6.07) is 30.2. The van der Waals surface area contributed by atoms with Crippen LogP contribution in [0, 0.1) is 0 Å². The Labute approximate surface area is 233 Å².